The number of hydrogen-bond donors (Lipinski definition) is 2. The standard InChI is InChI=1S/C11H10ClNO3/c1-7(12)6-13-10(14)8-2-4-9(5-3-8)11(15)16/h2-5H,1,6H2,(H,13,14)(H,15,16). The van der Waals surface area contributed by atoms with Gasteiger partial charge in [0.15, 0.2) is 0 Å². The van der Waals surface area contributed by atoms with Crippen LogP contribution in [0.1, 0.15) is 20.7 Å². The molecule has 0 bridgehead atoms. The molecule has 2 N–H and O–H groups in total. The average Bonchev–Trinajstić information content (AvgIpc) is 2.26. The normalized spacial score (nSPS) is 9.56. The maximum Gasteiger partial charge on any atom is 0.335 e. The van der Waals surface area contributed by atoms with Crippen molar-refractivity contribution in [1.82, 2.24) is 5.32 Å². The Bertz CT molecular complexity index is 425. The zero-order valence-corrected chi connectivity index (χ0v) is 9.12. The van der Waals surface area contributed by atoms with E-state index in [-0.39, 0.29) is 18.0 Å². The quantitative estimate of drug-likeness (QED) is 0.843. The van der Waals surface area contributed by atoms with Gasteiger partial charge in [-0.2, -0.15) is 0 Å². The minimum atomic E-state index is -1.03. The molecule has 0 saturated carbocycles. The van der Waals surface area contributed by atoms with Crippen molar-refractivity contribution >= 4 is 23.5 Å². The smallest absolute Gasteiger partial charge is 0.335 e. The van der Waals surface area contributed by atoms with Crippen LogP contribution >= 0.6 is 11.6 Å². The van der Waals surface area contributed by atoms with Crippen LogP contribution in [-0.2, 0) is 0 Å². The lowest BCUT2D eigenvalue weighted by Gasteiger charge is -2.03. The summed E-state index contributed by atoms with van der Waals surface area (Å²) in [6.07, 6.45) is 0. The van der Waals surface area contributed by atoms with Crippen molar-refractivity contribution in [2.75, 3.05) is 6.54 Å². The fraction of sp³-hybridized carbons (Fsp3) is 0.0909. The van der Waals surface area contributed by atoms with Gasteiger partial charge in [-0.05, 0) is 24.3 Å². The second kappa shape index (κ2) is 5.32. The third-order valence-electron chi connectivity index (χ3n) is 1.83. The van der Waals surface area contributed by atoms with Gasteiger partial charge in [-0.15, -0.1) is 0 Å². The molecule has 0 aliphatic rings. The van der Waals surface area contributed by atoms with E-state index in [0.29, 0.717) is 10.6 Å². The molecule has 0 saturated heterocycles. The molecule has 0 heterocycles. The lowest BCUT2D eigenvalue weighted by Crippen LogP contribution is -2.24. The van der Waals surface area contributed by atoms with Crippen molar-refractivity contribution in [2.45, 2.75) is 0 Å². The lowest BCUT2D eigenvalue weighted by molar-refractivity contribution is 0.0696. The van der Waals surface area contributed by atoms with Crippen LogP contribution in [0.3, 0.4) is 0 Å². The number of hydrogen-bond acceptors (Lipinski definition) is 2. The fourth-order valence-electron chi connectivity index (χ4n) is 1.04. The van der Waals surface area contributed by atoms with E-state index in [1.165, 1.54) is 24.3 Å². The number of halogens is 1. The Morgan fingerprint density at radius 3 is 2.19 bits per heavy atom. The monoisotopic (exact) mass is 239 g/mol. The summed E-state index contributed by atoms with van der Waals surface area (Å²) in [6, 6.07) is 5.62. The van der Waals surface area contributed by atoms with Gasteiger partial charge in [-0.25, -0.2) is 4.79 Å². The highest BCUT2D eigenvalue weighted by atomic mass is 35.5. The molecular formula is C11H10ClNO3. The second-order valence-electron chi connectivity index (χ2n) is 3.08. The first kappa shape index (κ1) is 12.3. The highest BCUT2D eigenvalue weighted by Gasteiger charge is 2.07. The highest BCUT2D eigenvalue weighted by molar-refractivity contribution is 6.29. The van der Waals surface area contributed by atoms with Crippen molar-refractivity contribution < 1.29 is 14.7 Å². The molecule has 1 amide bonds. The molecule has 1 rings (SSSR count). The summed E-state index contributed by atoms with van der Waals surface area (Å²) in [4.78, 5) is 22.0. The predicted molar refractivity (Wildman–Crippen MR) is 60.7 cm³/mol. The maximum atomic E-state index is 11.5. The predicted octanol–water partition coefficient (Wildman–Crippen LogP) is 1.87. The van der Waals surface area contributed by atoms with Gasteiger partial charge in [0.1, 0.15) is 0 Å². The molecule has 0 aliphatic heterocycles. The number of carboxylic acid groups (broad SMARTS) is 1. The third-order valence-corrected chi connectivity index (χ3v) is 1.97. The van der Waals surface area contributed by atoms with Crippen LogP contribution in [0.4, 0.5) is 0 Å². The Balaban J connectivity index is 2.70. The fourth-order valence-corrected chi connectivity index (χ4v) is 1.11. The zero-order chi connectivity index (χ0) is 12.1. The molecule has 0 aromatic heterocycles. The first-order valence-corrected chi connectivity index (χ1v) is 4.83. The first-order valence-electron chi connectivity index (χ1n) is 4.45. The van der Waals surface area contributed by atoms with Crippen LogP contribution in [0.5, 0.6) is 0 Å². The van der Waals surface area contributed by atoms with Gasteiger partial charge in [-0.3, -0.25) is 4.79 Å². The van der Waals surface area contributed by atoms with Gasteiger partial charge in [0.05, 0.1) is 12.1 Å². The summed E-state index contributed by atoms with van der Waals surface area (Å²) >= 11 is 5.49. The zero-order valence-electron chi connectivity index (χ0n) is 8.37. The van der Waals surface area contributed by atoms with Crippen LogP contribution in [0.25, 0.3) is 0 Å². The number of carboxylic acids is 1. The van der Waals surface area contributed by atoms with E-state index in [1.54, 1.807) is 0 Å². The van der Waals surface area contributed by atoms with Crippen LogP contribution in [0, 0.1) is 0 Å². The summed E-state index contributed by atoms with van der Waals surface area (Å²) in [7, 11) is 0. The van der Waals surface area contributed by atoms with E-state index >= 15 is 0 Å². The second-order valence-corrected chi connectivity index (χ2v) is 3.62. The average molecular weight is 240 g/mol. The molecule has 84 valence electrons. The summed E-state index contributed by atoms with van der Waals surface area (Å²) in [5.41, 5.74) is 0.515. The van der Waals surface area contributed by atoms with Crippen LogP contribution < -0.4 is 5.32 Å². The molecule has 0 unspecified atom stereocenters. The van der Waals surface area contributed by atoms with Crippen LogP contribution in [0.2, 0.25) is 0 Å². The number of amides is 1. The molecule has 1 aromatic rings. The van der Waals surface area contributed by atoms with Gasteiger partial charge < -0.3 is 10.4 Å². The molecule has 1 aromatic carbocycles. The minimum Gasteiger partial charge on any atom is -0.478 e. The van der Waals surface area contributed by atoms with Gasteiger partial charge in [0.25, 0.3) is 5.91 Å². The summed E-state index contributed by atoms with van der Waals surface area (Å²) in [5, 5.41) is 11.5. The molecule has 0 spiro atoms. The maximum absolute atomic E-state index is 11.5. The lowest BCUT2D eigenvalue weighted by atomic mass is 10.1. The Morgan fingerprint density at radius 2 is 1.75 bits per heavy atom. The minimum absolute atomic E-state index is 0.137. The number of benzene rings is 1. The van der Waals surface area contributed by atoms with E-state index in [4.69, 9.17) is 16.7 Å². The summed E-state index contributed by atoms with van der Waals surface area (Å²) in [6.45, 7) is 3.61. The Kier molecular flexibility index (Phi) is 4.08. The molecule has 0 fully saturated rings. The summed E-state index contributed by atoms with van der Waals surface area (Å²) in [5.74, 6) is -1.35. The third kappa shape index (κ3) is 3.40. The first-order chi connectivity index (χ1) is 7.50. The van der Waals surface area contributed by atoms with Crippen LogP contribution in [-0.4, -0.2) is 23.5 Å². The van der Waals surface area contributed by atoms with Crippen molar-refractivity contribution in [3.05, 3.63) is 47.0 Å². The molecule has 4 nitrogen and oxygen atoms in total. The Morgan fingerprint density at radius 1 is 1.25 bits per heavy atom. The van der Waals surface area contributed by atoms with E-state index < -0.39 is 5.97 Å². The van der Waals surface area contributed by atoms with E-state index in [1.807, 2.05) is 0 Å². The Labute approximate surface area is 97.5 Å². The molecule has 16 heavy (non-hydrogen) atoms. The van der Waals surface area contributed by atoms with E-state index in [0.717, 1.165) is 0 Å². The summed E-state index contributed by atoms with van der Waals surface area (Å²) < 4.78 is 0. The van der Waals surface area contributed by atoms with Crippen molar-refractivity contribution in [2.24, 2.45) is 0 Å². The van der Waals surface area contributed by atoms with Gasteiger partial charge in [-0.1, -0.05) is 18.2 Å². The van der Waals surface area contributed by atoms with E-state index in [9.17, 15) is 9.59 Å². The largest absolute Gasteiger partial charge is 0.478 e. The number of rotatable bonds is 4. The molecular weight excluding hydrogens is 230 g/mol. The molecule has 0 atom stereocenters. The van der Waals surface area contributed by atoms with E-state index in [2.05, 4.69) is 11.9 Å². The van der Waals surface area contributed by atoms with Gasteiger partial charge in [0.2, 0.25) is 0 Å². The van der Waals surface area contributed by atoms with Gasteiger partial charge >= 0.3 is 5.97 Å². The van der Waals surface area contributed by atoms with Gasteiger partial charge in [0, 0.05) is 10.6 Å². The SMILES string of the molecule is C=C(Cl)CNC(=O)c1ccc(C(=O)O)cc1. The molecule has 5 heteroatoms. The van der Waals surface area contributed by atoms with Crippen LogP contribution in [0.15, 0.2) is 35.9 Å². The topological polar surface area (TPSA) is 66.4 Å². The van der Waals surface area contributed by atoms with Crippen molar-refractivity contribution in [1.29, 1.82) is 0 Å². The number of aromatic carboxylic acids is 1. The highest BCUT2D eigenvalue weighted by Crippen LogP contribution is 2.04. The van der Waals surface area contributed by atoms with Crippen molar-refractivity contribution in [3.8, 4) is 0 Å². The Hall–Kier alpha value is -1.81. The number of carbonyl (C=O) groups excluding carboxylic acids is 1. The number of carbonyl (C=O) groups is 2. The molecule has 0 aliphatic carbocycles. The molecule has 0 radical (unpaired) electrons. The van der Waals surface area contributed by atoms with Crippen molar-refractivity contribution in [3.63, 3.8) is 0 Å². The number of nitrogens with one attached hydrogen (secondary N) is 1.